The Morgan fingerprint density at radius 2 is 2.00 bits per heavy atom. The minimum Gasteiger partial charge on any atom is -0.325 e. The van der Waals surface area contributed by atoms with E-state index in [9.17, 15) is 4.79 Å². The maximum Gasteiger partial charge on any atom is 0.225 e. The standard InChI is InChI=1S/C18H18N4OS/c1-14-19-10-11-22(14)17-8-7-15(13-20-17)21-18(23)9-12-24-16-5-3-2-4-6-16/h2-8,10-11,13H,9,12H2,1H3,(H,21,23). The summed E-state index contributed by atoms with van der Waals surface area (Å²) in [6.45, 7) is 1.92. The van der Waals surface area contributed by atoms with Crippen LogP contribution in [0.1, 0.15) is 12.2 Å². The van der Waals surface area contributed by atoms with Crippen molar-refractivity contribution >= 4 is 23.4 Å². The second-order valence-electron chi connectivity index (χ2n) is 5.21. The van der Waals surface area contributed by atoms with Gasteiger partial charge < -0.3 is 5.32 Å². The molecule has 2 heterocycles. The van der Waals surface area contributed by atoms with Gasteiger partial charge in [-0.2, -0.15) is 0 Å². The minimum atomic E-state index is -0.00760. The molecular formula is C18H18N4OS. The van der Waals surface area contributed by atoms with Crippen molar-refractivity contribution in [2.24, 2.45) is 0 Å². The summed E-state index contributed by atoms with van der Waals surface area (Å²) in [5, 5.41) is 2.88. The first kappa shape index (κ1) is 16.3. The number of imidazole rings is 1. The van der Waals surface area contributed by atoms with Crippen LogP contribution in [0.4, 0.5) is 5.69 Å². The number of pyridine rings is 1. The molecule has 0 radical (unpaired) electrons. The van der Waals surface area contributed by atoms with E-state index in [0.29, 0.717) is 12.1 Å². The van der Waals surface area contributed by atoms with Gasteiger partial charge in [-0.3, -0.25) is 9.36 Å². The van der Waals surface area contributed by atoms with Crippen molar-refractivity contribution in [3.05, 3.63) is 66.9 Å². The number of aryl methyl sites for hydroxylation is 1. The van der Waals surface area contributed by atoms with Gasteiger partial charge >= 0.3 is 0 Å². The van der Waals surface area contributed by atoms with Crippen molar-refractivity contribution in [3.63, 3.8) is 0 Å². The number of hydrogen-bond donors (Lipinski definition) is 1. The number of amides is 1. The molecule has 0 saturated heterocycles. The molecule has 1 N–H and O–H groups in total. The fraction of sp³-hybridized carbons (Fsp3) is 0.167. The molecule has 3 rings (SSSR count). The molecule has 0 aliphatic carbocycles. The van der Waals surface area contributed by atoms with Gasteiger partial charge in [-0.15, -0.1) is 11.8 Å². The Balaban J connectivity index is 1.50. The molecule has 0 aliphatic heterocycles. The van der Waals surface area contributed by atoms with Gasteiger partial charge in [0.2, 0.25) is 5.91 Å². The highest BCUT2D eigenvalue weighted by Gasteiger charge is 2.05. The molecule has 0 bridgehead atoms. The normalized spacial score (nSPS) is 10.5. The first-order valence-corrected chi connectivity index (χ1v) is 8.65. The van der Waals surface area contributed by atoms with Gasteiger partial charge in [-0.05, 0) is 31.2 Å². The van der Waals surface area contributed by atoms with Crippen LogP contribution in [0, 0.1) is 6.92 Å². The summed E-state index contributed by atoms with van der Waals surface area (Å²) in [5.41, 5.74) is 0.700. The van der Waals surface area contributed by atoms with E-state index in [1.807, 2.05) is 60.2 Å². The maximum atomic E-state index is 12.0. The Morgan fingerprint density at radius 3 is 2.67 bits per heavy atom. The van der Waals surface area contributed by atoms with E-state index >= 15 is 0 Å². The van der Waals surface area contributed by atoms with Crippen molar-refractivity contribution in [2.75, 3.05) is 11.1 Å². The zero-order valence-corrected chi connectivity index (χ0v) is 14.2. The highest BCUT2D eigenvalue weighted by atomic mass is 32.2. The number of carbonyl (C=O) groups is 1. The Kier molecular flexibility index (Phi) is 5.28. The van der Waals surface area contributed by atoms with Crippen molar-refractivity contribution in [1.82, 2.24) is 14.5 Å². The van der Waals surface area contributed by atoms with Crippen LogP contribution in [-0.2, 0) is 4.79 Å². The van der Waals surface area contributed by atoms with Gasteiger partial charge in [0, 0.05) is 29.5 Å². The lowest BCUT2D eigenvalue weighted by Gasteiger charge is -2.07. The van der Waals surface area contributed by atoms with E-state index in [1.165, 1.54) is 4.90 Å². The Labute approximate surface area is 145 Å². The average Bonchev–Trinajstić information content (AvgIpc) is 3.03. The number of rotatable bonds is 6. The number of carbonyl (C=O) groups excluding carboxylic acids is 1. The molecule has 0 spiro atoms. The molecular weight excluding hydrogens is 320 g/mol. The predicted molar refractivity (Wildman–Crippen MR) is 96.5 cm³/mol. The molecule has 0 saturated carbocycles. The quantitative estimate of drug-likeness (QED) is 0.696. The number of nitrogens with one attached hydrogen (secondary N) is 1. The Bertz CT molecular complexity index is 799. The molecule has 0 atom stereocenters. The van der Waals surface area contributed by atoms with Crippen LogP contribution in [0.25, 0.3) is 5.82 Å². The SMILES string of the molecule is Cc1nccn1-c1ccc(NC(=O)CCSc2ccccc2)cn1. The van der Waals surface area contributed by atoms with Crippen LogP contribution >= 0.6 is 11.8 Å². The summed E-state index contributed by atoms with van der Waals surface area (Å²) in [4.78, 5) is 21.7. The van der Waals surface area contributed by atoms with Gasteiger partial charge in [0.1, 0.15) is 11.6 Å². The van der Waals surface area contributed by atoms with Crippen molar-refractivity contribution in [1.29, 1.82) is 0 Å². The Hall–Kier alpha value is -2.60. The largest absolute Gasteiger partial charge is 0.325 e. The third-order valence-corrected chi connectivity index (χ3v) is 4.46. The van der Waals surface area contributed by atoms with Crippen LogP contribution < -0.4 is 5.32 Å². The van der Waals surface area contributed by atoms with E-state index in [1.54, 1.807) is 24.2 Å². The molecule has 122 valence electrons. The van der Waals surface area contributed by atoms with Crippen LogP contribution in [0.2, 0.25) is 0 Å². The lowest BCUT2D eigenvalue weighted by Crippen LogP contribution is -2.12. The molecule has 6 heteroatoms. The van der Waals surface area contributed by atoms with Gasteiger partial charge in [0.15, 0.2) is 0 Å². The van der Waals surface area contributed by atoms with Crippen LogP contribution in [-0.4, -0.2) is 26.2 Å². The number of benzene rings is 1. The van der Waals surface area contributed by atoms with Crippen molar-refractivity contribution in [3.8, 4) is 5.82 Å². The molecule has 5 nitrogen and oxygen atoms in total. The average molecular weight is 338 g/mol. The van der Waals surface area contributed by atoms with E-state index in [4.69, 9.17) is 0 Å². The second kappa shape index (κ2) is 7.79. The summed E-state index contributed by atoms with van der Waals surface area (Å²) in [6, 6.07) is 13.8. The highest BCUT2D eigenvalue weighted by Crippen LogP contribution is 2.18. The molecule has 0 aliphatic rings. The molecule has 24 heavy (non-hydrogen) atoms. The van der Waals surface area contributed by atoms with Gasteiger partial charge in [0.05, 0.1) is 11.9 Å². The first-order chi connectivity index (χ1) is 11.7. The third kappa shape index (κ3) is 4.23. The lowest BCUT2D eigenvalue weighted by atomic mass is 10.3. The smallest absolute Gasteiger partial charge is 0.225 e. The van der Waals surface area contributed by atoms with Crippen molar-refractivity contribution in [2.45, 2.75) is 18.2 Å². The lowest BCUT2D eigenvalue weighted by molar-refractivity contribution is -0.115. The number of nitrogens with zero attached hydrogens (tertiary/aromatic N) is 3. The predicted octanol–water partition coefficient (Wildman–Crippen LogP) is 3.70. The fourth-order valence-corrected chi connectivity index (χ4v) is 3.10. The van der Waals surface area contributed by atoms with Gasteiger partial charge in [0.25, 0.3) is 0 Å². The minimum absolute atomic E-state index is 0.00760. The number of thioether (sulfide) groups is 1. The monoisotopic (exact) mass is 338 g/mol. The number of hydrogen-bond acceptors (Lipinski definition) is 4. The van der Waals surface area contributed by atoms with Crippen LogP contribution in [0.15, 0.2) is 66.0 Å². The summed E-state index contributed by atoms with van der Waals surface area (Å²) >= 11 is 1.67. The topological polar surface area (TPSA) is 59.8 Å². The summed E-state index contributed by atoms with van der Waals surface area (Å²) in [5.74, 6) is 2.39. The first-order valence-electron chi connectivity index (χ1n) is 7.66. The van der Waals surface area contributed by atoms with E-state index < -0.39 is 0 Å². The zero-order valence-electron chi connectivity index (χ0n) is 13.3. The van der Waals surface area contributed by atoms with Crippen LogP contribution in [0.5, 0.6) is 0 Å². The van der Waals surface area contributed by atoms with Gasteiger partial charge in [-0.1, -0.05) is 18.2 Å². The summed E-state index contributed by atoms with van der Waals surface area (Å²) in [6.07, 6.45) is 5.72. The van der Waals surface area contributed by atoms with E-state index in [-0.39, 0.29) is 5.91 Å². The van der Waals surface area contributed by atoms with Gasteiger partial charge in [-0.25, -0.2) is 9.97 Å². The van der Waals surface area contributed by atoms with Crippen LogP contribution in [0.3, 0.4) is 0 Å². The van der Waals surface area contributed by atoms with E-state index in [2.05, 4.69) is 15.3 Å². The number of aromatic nitrogens is 3. The number of anilines is 1. The molecule has 2 aromatic heterocycles. The molecule has 3 aromatic rings. The highest BCUT2D eigenvalue weighted by molar-refractivity contribution is 7.99. The summed E-state index contributed by atoms with van der Waals surface area (Å²) < 4.78 is 1.89. The third-order valence-electron chi connectivity index (χ3n) is 3.45. The maximum absolute atomic E-state index is 12.0. The second-order valence-corrected chi connectivity index (χ2v) is 6.38. The molecule has 1 aromatic carbocycles. The van der Waals surface area contributed by atoms with E-state index in [0.717, 1.165) is 17.4 Å². The van der Waals surface area contributed by atoms with Crippen molar-refractivity contribution < 1.29 is 4.79 Å². The molecule has 0 unspecified atom stereocenters. The summed E-state index contributed by atoms with van der Waals surface area (Å²) in [7, 11) is 0. The zero-order chi connectivity index (χ0) is 16.8. The molecule has 1 amide bonds. The molecule has 0 fully saturated rings. The fourth-order valence-electron chi connectivity index (χ4n) is 2.22. The Morgan fingerprint density at radius 1 is 1.17 bits per heavy atom.